The van der Waals surface area contributed by atoms with Crippen molar-refractivity contribution in [1.82, 2.24) is 0 Å². The zero-order chi connectivity index (χ0) is 14.0. The minimum atomic E-state index is -0.509. The van der Waals surface area contributed by atoms with Gasteiger partial charge < -0.3 is 5.32 Å². The van der Waals surface area contributed by atoms with Crippen molar-refractivity contribution in [2.45, 2.75) is 13.8 Å². The minimum Gasteiger partial charge on any atom is -0.322 e. The molecule has 0 spiro atoms. The molecular formula is C15H13BrFNO. The van der Waals surface area contributed by atoms with E-state index in [1.54, 1.807) is 19.1 Å². The van der Waals surface area contributed by atoms with Crippen LogP contribution in [-0.2, 0) is 0 Å². The fourth-order valence-electron chi connectivity index (χ4n) is 1.72. The van der Waals surface area contributed by atoms with E-state index in [-0.39, 0.29) is 5.56 Å². The number of nitrogens with one attached hydrogen (secondary N) is 1. The van der Waals surface area contributed by atoms with Crippen molar-refractivity contribution in [3.05, 3.63) is 63.4 Å². The lowest BCUT2D eigenvalue weighted by Gasteiger charge is -2.09. The SMILES string of the molecule is Cc1ccc(C(=O)Nc2cc(Br)ccc2C)c(F)c1. The normalized spacial score (nSPS) is 10.3. The molecule has 2 aromatic carbocycles. The number of amides is 1. The molecule has 2 aromatic rings. The van der Waals surface area contributed by atoms with Crippen molar-refractivity contribution in [2.75, 3.05) is 5.32 Å². The van der Waals surface area contributed by atoms with Crippen LogP contribution in [0.4, 0.5) is 10.1 Å². The smallest absolute Gasteiger partial charge is 0.258 e. The van der Waals surface area contributed by atoms with Crippen LogP contribution in [0.1, 0.15) is 21.5 Å². The number of carbonyl (C=O) groups is 1. The summed E-state index contributed by atoms with van der Waals surface area (Å²) >= 11 is 3.34. The molecule has 19 heavy (non-hydrogen) atoms. The van der Waals surface area contributed by atoms with Crippen molar-refractivity contribution in [3.63, 3.8) is 0 Å². The molecular weight excluding hydrogens is 309 g/mol. The Balaban J connectivity index is 2.28. The maximum Gasteiger partial charge on any atom is 0.258 e. The topological polar surface area (TPSA) is 29.1 Å². The van der Waals surface area contributed by atoms with E-state index < -0.39 is 11.7 Å². The summed E-state index contributed by atoms with van der Waals surface area (Å²) in [5.41, 5.74) is 2.42. The fraction of sp³-hybridized carbons (Fsp3) is 0.133. The van der Waals surface area contributed by atoms with Crippen LogP contribution in [0, 0.1) is 19.7 Å². The van der Waals surface area contributed by atoms with Crippen LogP contribution in [0.5, 0.6) is 0 Å². The van der Waals surface area contributed by atoms with Gasteiger partial charge in [0.1, 0.15) is 5.82 Å². The Bertz CT molecular complexity index is 640. The Labute approximate surface area is 119 Å². The lowest BCUT2D eigenvalue weighted by molar-refractivity contribution is 0.102. The van der Waals surface area contributed by atoms with Crippen LogP contribution in [0.2, 0.25) is 0 Å². The van der Waals surface area contributed by atoms with Gasteiger partial charge in [-0.05, 0) is 49.2 Å². The van der Waals surface area contributed by atoms with Crippen LogP contribution >= 0.6 is 15.9 Å². The highest BCUT2D eigenvalue weighted by molar-refractivity contribution is 9.10. The number of anilines is 1. The first kappa shape index (κ1) is 13.7. The van der Waals surface area contributed by atoms with Gasteiger partial charge in [0.25, 0.3) is 5.91 Å². The standard InChI is InChI=1S/C15H13BrFNO/c1-9-3-6-12(13(17)7-9)15(19)18-14-8-11(16)5-4-10(14)2/h3-8H,1-2H3,(H,18,19). The van der Waals surface area contributed by atoms with Gasteiger partial charge in [-0.2, -0.15) is 0 Å². The highest BCUT2D eigenvalue weighted by Crippen LogP contribution is 2.21. The number of rotatable bonds is 2. The summed E-state index contributed by atoms with van der Waals surface area (Å²) in [5.74, 6) is -0.955. The number of aryl methyl sites for hydroxylation is 2. The van der Waals surface area contributed by atoms with Crippen LogP contribution in [-0.4, -0.2) is 5.91 Å². The lowest BCUT2D eigenvalue weighted by atomic mass is 10.1. The van der Waals surface area contributed by atoms with Crippen LogP contribution < -0.4 is 5.32 Å². The van der Waals surface area contributed by atoms with Crippen molar-refractivity contribution >= 4 is 27.5 Å². The van der Waals surface area contributed by atoms with Gasteiger partial charge in [0, 0.05) is 10.2 Å². The molecule has 0 radical (unpaired) electrons. The van der Waals surface area contributed by atoms with E-state index in [4.69, 9.17) is 0 Å². The van der Waals surface area contributed by atoms with Gasteiger partial charge in [0.05, 0.1) is 5.56 Å². The molecule has 1 amide bonds. The van der Waals surface area contributed by atoms with E-state index >= 15 is 0 Å². The lowest BCUT2D eigenvalue weighted by Crippen LogP contribution is -2.14. The second-order valence-corrected chi connectivity index (χ2v) is 5.31. The number of benzene rings is 2. The molecule has 98 valence electrons. The monoisotopic (exact) mass is 321 g/mol. The van der Waals surface area contributed by atoms with Crippen molar-refractivity contribution in [2.24, 2.45) is 0 Å². The van der Waals surface area contributed by atoms with Crippen LogP contribution in [0.15, 0.2) is 40.9 Å². The van der Waals surface area contributed by atoms with Crippen LogP contribution in [0.3, 0.4) is 0 Å². The van der Waals surface area contributed by atoms with Gasteiger partial charge in [-0.3, -0.25) is 4.79 Å². The summed E-state index contributed by atoms with van der Waals surface area (Å²) in [6, 6.07) is 10.1. The maximum atomic E-state index is 13.7. The molecule has 0 heterocycles. The molecule has 0 saturated heterocycles. The second kappa shape index (κ2) is 5.53. The Morgan fingerprint density at radius 3 is 2.58 bits per heavy atom. The van der Waals surface area contributed by atoms with Gasteiger partial charge in [-0.25, -0.2) is 4.39 Å². The average molecular weight is 322 g/mol. The molecule has 0 unspecified atom stereocenters. The molecule has 4 heteroatoms. The molecule has 0 aliphatic heterocycles. The van der Waals surface area contributed by atoms with E-state index in [0.717, 1.165) is 15.6 Å². The minimum absolute atomic E-state index is 0.0463. The Morgan fingerprint density at radius 2 is 1.89 bits per heavy atom. The molecule has 0 aliphatic rings. The summed E-state index contributed by atoms with van der Waals surface area (Å²) in [6.45, 7) is 3.66. The molecule has 2 rings (SSSR count). The number of halogens is 2. The van der Waals surface area contributed by atoms with E-state index in [1.807, 2.05) is 19.1 Å². The first-order valence-electron chi connectivity index (χ1n) is 5.81. The Kier molecular flexibility index (Phi) is 4.00. The first-order chi connectivity index (χ1) is 8.97. The number of hydrogen-bond acceptors (Lipinski definition) is 1. The average Bonchev–Trinajstić information content (AvgIpc) is 2.33. The van der Waals surface area contributed by atoms with E-state index in [1.165, 1.54) is 12.1 Å². The fourth-order valence-corrected chi connectivity index (χ4v) is 2.08. The van der Waals surface area contributed by atoms with Crippen molar-refractivity contribution < 1.29 is 9.18 Å². The molecule has 0 fully saturated rings. The van der Waals surface area contributed by atoms with Crippen LogP contribution in [0.25, 0.3) is 0 Å². The first-order valence-corrected chi connectivity index (χ1v) is 6.60. The number of carbonyl (C=O) groups excluding carboxylic acids is 1. The molecule has 0 aromatic heterocycles. The molecule has 0 bridgehead atoms. The summed E-state index contributed by atoms with van der Waals surface area (Å²) in [4.78, 5) is 12.0. The molecule has 0 saturated carbocycles. The second-order valence-electron chi connectivity index (χ2n) is 4.40. The predicted molar refractivity (Wildman–Crippen MR) is 78.0 cm³/mol. The third-order valence-electron chi connectivity index (χ3n) is 2.82. The maximum absolute atomic E-state index is 13.7. The molecule has 0 atom stereocenters. The van der Waals surface area contributed by atoms with Gasteiger partial charge >= 0.3 is 0 Å². The third kappa shape index (κ3) is 3.20. The molecule has 1 N–H and O–H groups in total. The third-order valence-corrected chi connectivity index (χ3v) is 3.31. The summed E-state index contributed by atoms with van der Waals surface area (Å²) in [7, 11) is 0. The predicted octanol–water partition coefficient (Wildman–Crippen LogP) is 4.46. The largest absolute Gasteiger partial charge is 0.322 e. The van der Waals surface area contributed by atoms with Gasteiger partial charge in [-0.1, -0.05) is 28.1 Å². The summed E-state index contributed by atoms with van der Waals surface area (Å²) in [6.07, 6.45) is 0. The van der Waals surface area contributed by atoms with Crippen molar-refractivity contribution in [3.8, 4) is 0 Å². The summed E-state index contributed by atoms with van der Waals surface area (Å²) in [5, 5.41) is 2.72. The van der Waals surface area contributed by atoms with Crippen molar-refractivity contribution in [1.29, 1.82) is 0 Å². The Morgan fingerprint density at radius 1 is 1.16 bits per heavy atom. The highest BCUT2D eigenvalue weighted by Gasteiger charge is 2.12. The number of hydrogen-bond donors (Lipinski definition) is 1. The quantitative estimate of drug-likeness (QED) is 0.869. The van der Waals surface area contributed by atoms with E-state index in [0.29, 0.717) is 5.69 Å². The summed E-state index contributed by atoms with van der Waals surface area (Å²) < 4.78 is 14.6. The van der Waals surface area contributed by atoms with E-state index in [2.05, 4.69) is 21.2 Å². The highest BCUT2D eigenvalue weighted by atomic mass is 79.9. The molecule has 0 aliphatic carbocycles. The Hall–Kier alpha value is -1.68. The van der Waals surface area contributed by atoms with Gasteiger partial charge in [-0.15, -0.1) is 0 Å². The zero-order valence-electron chi connectivity index (χ0n) is 10.6. The zero-order valence-corrected chi connectivity index (χ0v) is 12.2. The molecule has 2 nitrogen and oxygen atoms in total. The van der Waals surface area contributed by atoms with Gasteiger partial charge in [0.2, 0.25) is 0 Å². The van der Waals surface area contributed by atoms with Gasteiger partial charge in [0.15, 0.2) is 0 Å². The van der Waals surface area contributed by atoms with E-state index in [9.17, 15) is 9.18 Å².